The molecule has 0 radical (unpaired) electrons. The quantitative estimate of drug-likeness (QED) is 0.819. The molecule has 0 spiro atoms. The monoisotopic (exact) mass is 422 g/mol. The number of fused-ring (bicyclic) bond motifs is 1. The van der Waals surface area contributed by atoms with Crippen LogP contribution in [0.5, 0.6) is 0 Å². The van der Waals surface area contributed by atoms with Crippen molar-refractivity contribution in [2.45, 2.75) is 19.3 Å². The smallest absolute Gasteiger partial charge is 0.264 e. The van der Waals surface area contributed by atoms with Crippen LogP contribution in [-0.2, 0) is 22.4 Å². The molecule has 1 aliphatic heterocycles. The molecule has 2 aliphatic rings. The fourth-order valence-electron chi connectivity index (χ4n) is 3.60. The van der Waals surface area contributed by atoms with Crippen LogP contribution in [0.15, 0.2) is 24.3 Å². The maximum Gasteiger partial charge on any atom is 0.264 e. The van der Waals surface area contributed by atoms with Crippen molar-refractivity contribution in [2.24, 2.45) is 5.92 Å². The van der Waals surface area contributed by atoms with Gasteiger partial charge in [-0.05, 0) is 49.1 Å². The summed E-state index contributed by atoms with van der Waals surface area (Å²) in [4.78, 5) is 29.1. The van der Waals surface area contributed by atoms with Crippen LogP contribution in [-0.4, -0.2) is 43.0 Å². The van der Waals surface area contributed by atoms with E-state index in [0.717, 1.165) is 16.9 Å². The molecule has 148 valence electrons. The minimum atomic E-state index is -0.443. The largest absolute Gasteiger partial charge is 0.378 e. The zero-order valence-electron chi connectivity index (χ0n) is 15.2. The van der Waals surface area contributed by atoms with E-state index in [9.17, 15) is 14.0 Å². The van der Waals surface area contributed by atoms with Gasteiger partial charge in [-0.3, -0.25) is 9.59 Å². The van der Waals surface area contributed by atoms with Crippen molar-refractivity contribution >= 4 is 40.4 Å². The molecule has 0 saturated carbocycles. The molecule has 1 aliphatic carbocycles. The van der Waals surface area contributed by atoms with Gasteiger partial charge in [0.25, 0.3) is 5.91 Å². The number of thiophene rings is 1. The number of benzene rings is 1. The Kier molecular flexibility index (Phi) is 5.66. The number of rotatable bonds is 3. The van der Waals surface area contributed by atoms with Crippen LogP contribution in [0.3, 0.4) is 0 Å². The third kappa shape index (κ3) is 4.06. The minimum Gasteiger partial charge on any atom is -0.378 e. The molecule has 1 fully saturated rings. The number of hydrogen-bond donors (Lipinski definition) is 1. The summed E-state index contributed by atoms with van der Waals surface area (Å²) < 4.78 is 18.5. The molecule has 1 unspecified atom stereocenters. The third-order valence-corrected chi connectivity index (χ3v) is 6.69. The molecular weight excluding hydrogens is 403 g/mol. The van der Waals surface area contributed by atoms with Crippen molar-refractivity contribution < 1.29 is 18.7 Å². The Morgan fingerprint density at radius 1 is 1.25 bits per heavy atom. The summed E-state index contributed by atoms with van der Waals surface area (Å²) in [6.45, 7) is 2.38. The standard InChI is InChI=1S/C20H20ClFN2O3S/c21-15-11-14(22)2-3-16(15)23-19(25)12-1-4-17-13(9-12)10-18(28-17)20(26)24-5-7-27-8-6-24/h2-3,10-12H,1,4-9H2,(H,23,25). The third-order valence-electron chi connectivity index (χ3n) is 5.15. The van der Waals surface area contributed by atoms with Crippen LogP contribution in [0.4, 0.5) is 10.1 Å². The van der Waals surface area contributed by atoms with Crippen LogP contribution >= 0.6 is 22.9 Å². The Hall–Kier alpha value is -1.96. The van der Waals surface area contributed by atoms with Crippen molar-refractivity contribution in [3.05, 3.63) is 50.4 Å². The average Bonchev–Trinajstić information content (AvgIpc) is 3.13. The van der Waals surface area contributed by atoms with Gasteiger partial charge in [-0.2, -0.15) is 0 Å². The van der Waals surface area contributed by atoms with Gasteiger partial charge in [-0.25, -0.2) is 4.39 Å². The molecule has 28 heavy (non-hydrogen) atoms. The number of halogens is 2. The van der Waals surface area contributed by atoms with Crippen LogP contribution in [0.2, 0.25) is 5.02 Å². The van der Waals surface area contributed by atoms with Crippen LogP contribution in [0.1, 0.15) is 26.5 Å². The van der Waals surface area contributed by atoms with Gasteiger partial charge in [0.05, 0.1) is 28.8 Å². The Morgan fingerprint density at radius 2 is 2.04 bits per heavy atom. The van der Waals surface area contributed by atoms with E-state index < -0.39 is 5.82 Å². The van der Waals surface area contributed by atoms with E-state index in [1.165, 1.54) is 34.4 Å². The predicted molar refractivity (Wildman–Crippen MR) is 107 cm³/mol. The molecule has 1 aromatic heterocycles. The predicted octanol–water partition coefficient (Wildman–Crippen LogP) is 3.76. The molecule has 1 atom stereocenters. The second-order valence-corrected chi connectivity index (χ2v) is 8.56. The van der Waals surface area contributed by atoms with Crippen LogP contribution < -0.4 is 5.32 Å². The second kappa shape index (κ2) is 8.19. The topological polar surface area (TPSA) is 58.6 Å². The molecule has 2 amide bonds. The number of morpholine rings is 1. The summed E-state index contributed by atoms with van der Waals surface area (Å²) in [6.07, 6.45) is 2.07. The molecule has 2 heterocycles. The second-order valence-electron chi connectivity index (χ2n) is 7.02. The zero-order valence-corrected chi connectivity index (χ0v) is 16.7. The lowest BCUT2D eigenvalue weighted by molar-refractivity contribution is -0.120. The maximum atomic E-state index is 13.2. The molecule has 0 bridgehead atoms. The van der Waals surface area contributed by atoms with Crippen LogP contribution in [0.25, 0.3) is 0 Å². The van der Waals surface area contributed by atoms with E-state index in [0.29, 0.717) is 44.8 Å². The number of anilines is 1. The SMILES string of the molecule is O=C(Nc1ccc(F)cc1Cl)C1CCc2sc(C(=O)N3CCOCC3)cc2C1. The summed E-state index contributed by atoms with van der Waals surface area (Å²) in [6, 6.07) is 5.84. The highest BCUT2D eigenvalue weighted by Crippen LogP contribution is 2.34. The van der Waals surface area contributed by atoms with E-state index in [4.69, 9.17) is 16.3 Å². The molecule has 1 saturated heterocycles. The number of carbonyl (C=O) groups excluding carboxylic acids is 2. The highest BCUT2D eigenvalue weighted by atomic mass is 35.5. The highest BCUT2D eigenvalue weighted by Gasteiger charge is 2.29. The summed E-state index contributed by atoms with van der Waals surface area (Å²) in [7, 11) is 0. The van der Waals surface area contributed by atoms with Gasteiger partial charge in [-0.15, -0.1) is 11.3 Å². The van der Waals surface area contributed by atoms with Gasteiger partial charge >= 0.3 is 0 Å². The van der Waals surface area contributed by atoms with Gasteiger partial charge in [-0.1, -0.05) is 11.6 Å². The highest BCUT2D eigenvalue weighted by molar-refractivity contribution is 7.14. The number of amides is 2. The first kappa shape index (κ1) is 19.4. The lowest BCUT2D eigenvalue weighted by Crippen LogP contribution is -2.40. The molecule has 1 aromatic carbocycles. The van der Waals surface area contributed by atoms with Crippen LogP contribution in [0, 0.1) is 11.7 Å². The Balaban J connectivity index is 1.43. The zero-order chi connectivity index (χ0) is 19.7. The summed E-state index contributed by atoms with van der Waals surface area (Å²) >= 11 is 7.53. The minimum absolute atomic E-state index is 0.0433. The first-order valence-electron chi connectivity index (χ1n) is 9.26. The summed E-state index contributed by atoms with van der Waals surface area (Å²) in [5.41, 5.74) is 1.48. The maximum absolute atomic E-state index is 13.2. The fourth-order valence-corrected chi connectivity index (χ4v) is 4.99. The van der Waals surface area contributed by atoms with Crippen molar-refractivity contribution in [2.75, 3.05) is 31.6 Å². The Bertz CT molecular complexity index is 911. The molecule has 2 aromatic rings. The van der Waals surface area contributed by atoms with Crippen molar-refractivity contribution in [3.63, 3.8) is 0 Å². The van der Waals surface area contributed by atoms with E-state index in [1.54, 1.807) is 0 Å². The normalized spacial score (nSPS) is 19.2. The molecule has 1 N–H and O–H groups in total. The van der Waals surface area contributed by atoms with Gasteiger partial charge in [0.15, 0.2) is 0 Å². The fraction of sp³-hybridized carbons (Fsp3) is 0.400. The molecule has 4 rings (SSSR count). The lowest BCUT2D eigenvalue weighted by Gasteiger charge is -2.26. The Morgan fingerprint density at radius 3 is 2.79 bits per heavy atom. The van der Waals surface area contributed by atoms with Crippen molar-refractivity contribution in [1.82, 2.24) is 4.90 Å². The summed E-state index contributed by atoms with van der Waals surface area (Å²) in [5, 5.41) is 2.98. The average molecular weight is 423 g/mol. The molecular formula is C20H20ClFN2O3S. The van der Waals surface area contributed by atoms with Gasteiger partial charge in [0, 0.05) is 23.9 Å². The van der Waals surface area contributed by atoms with E-state index >= 15 is 0 Å². The summed E-state index contributed by atoms with van der Waals surface area (Å²) in [5.74, 6) is -0.733. The number of carbonyl (C=O) groups is 2. The van der Waals surface area contributed by atoms with Gasteiger partial charge < -0.3 is 15.0 Å². The number of nitrogens with one attached hydrogen (secondary N) is 1. The lowest BCUT2D eigenvalue weighted by atomic mass is 9.87. The van der Waals surface area contributed by atoms with Gasteiger partial charge in [0.2, 0.25) is 5.91 Å². The number of aryl methyl sites for hydroxylation is 1. The number of hydrogen-bond acceptors (Lipinski definition) is 4. The number of nitrogens with zero attached hydrogens (tertiary/aromatic N) is 1. The van der Waals surface area contributed by atoms with E-state index in [1.807, 2.05) is 11.0 Å². The Labute approximate surface area is 171 Å². The van der Waals surface area contributed by atoms with E-state index in [2.05, 4.69) is 5.32 Å². The van der Waals surface area contributed by atoms with E-state index in [-0.39, 0.29) is 22.8 Å². The van der Waals surface area contributed by atoms with Crippen molar-refractivity contribution in [1.29, 1.82) is 0 Å². The van der Waals surface area contributed by atoms with Gasteiger partial charge in [0.1, 0.15) is 5.82 Å². The molecule has 5 nitrogen and oxygen atoms in total. The first-order valence-corrected chi connectivity index (χ1v) is 10.4. The molecule has 8 heteroatoms. The number of ether oxygens (including phenoxy) is 1. The van der Waals surface area contributed by atoms with Crippen molar-refractivity contribution in [3.8, 4) is 0 Å². The first-order chi connectivity index (χ1) is 13.5.